The van der Waals surface area contributed by atoms with E-state index in [-0.39, 0.29) is 17.3 Å². The number of amides is 1. The summed E-state index contributed by atoms with van der Waals surface area (Å²) < 4.78 is 10.7. The van der Waals surface area contributed by atoms with E-state index in [4.69, 9.17) is 9.47 Å². The van der Waals surface area contributed by atoms with Gasteiger partial charge in [0.2, 0.25) is 0 Å². The maximum Gasteiger partial charge on any atom is 0.310 e. The van der Waals surface area contributed by atoms with Crippen molar-refractivity contribution in [1.82, 2.24) is 0 Å². The van der Waals surface area contributed by atoms with E-state index in [9.17, 15) is 14.9 Å². The van der Waals surface area contributed by atoms with Crippen molar-refractivity contribution in [3.05, 3.63) is 100 Å². The third-order valence-electron chi connectivity index (χ3n) is 7.56. The molecule has 10 nitrogen and oxygen atoms in total. The molecule has 1 amide bonds. The number of rotatable bonds is 8. The summed E-state index contributed by atoms with van der Waals surface area (Å²) in [7, 11) is 1.40. The molecule has 0 bridgehead atoms. The number of hydrogen-bond donors (Lipinski definition) is 3. The Morgan fingerprint density at radius 3 is 2.43 bits per heavy atom. The van der Waals surface area contributed by atoms with Gasteiger partial charge in [-0.2, -0.15) is 0 Å². The van der Waals surface area contributed by atoms with Crippen LogP contribution in [0.2, 0.25) is 0 Å². The zero-order valence-corrected chi connectivity index (χ0v) is 23.2. The Labute approximate surface area is 243 Å². The van der Waals surface area contributed by atoms with Crippen molar-refractivity contribution in [2.45, 2.75) is 6.42 Å². The minimum Gasteiger partial charge on any atom is -0.490 e. The van der Waals surface area contributed by atoms with E-state index in [0.717, 1.165) is 67.3 Å². The smallest absolute Gasteiger partial charge is 0.310 e. The number of benzene rings is 4. The Kier molecular flexibility index (Phi) is 7.61. The lowest BCUT2D eigenvalue weighted by molar-refractivity contribution is -0.385. The van der Waals surface area contributed by atoms with Crippen LogP contribution in [0.3, 0.4) is 0 Å². The van der Waals surface area contributed by atoms with E-state index < -0.39 is 4.92 Å². The molecule has 214 valence electrons. The molecule has 0 unspecified atom stereocenters. The first-order valence-corrected chi connectivity index (χ1v) is 13.8. The number of anilines is 5. The number of morpholine rings is 1. The normalized spacial score (nSPS) is 14.1. The quantitative estimate of drug-likeness (QED) is 0.174. The summed E-state index contributed by atoms with van der Waals surface area (Å²) in [6.07, 6.45) is 0.785. The number of nitrogens with zero attached hydrogens (tertiary/aromatic N) is 2. The van der Waals surface area contributed by atoms with Crippen LogP contribution in [0.1, 0.15) is 15.9 Å². The lowest BCUT2D eigenvalue weighted by Gasteiger charge is -2.28. The number of carbonyl (C=O) groups excluding carboxylic acids is 1. The number of nitrogens with one attached hydrogen (secondary N) is 3. The summed E-state index contributed by atoms with van der Waals surface area (Å²) in [5, 5.41) is 21.2. The van der Waals surface area contributed by atoms with E-state index >= 15 is 0 Å². The van der Waals surface area contributed by atoms with Crippen LogP contribution in [0.4, 0.5) is 34.1 Å². The van der Waals surface area contributed by atoms with Gasteiger partial charge < -0.3 is 30.3 Å². The van der Waals surface area contributed by atoms with Crippen molar-refractivity contribution < 1.29 is 19.2 Å². The van der Waals surface area contributed by atoms with Crippen LogP contribution in [0.5, 0.6) is 5.75 Å². The molecule has 4 aromatic rings. The molecule has 10 heteroatoms. The van der Waals surface area contributed by atoms with E-state index in [1.807, 2.05) is 24.3 Å². The standard InChI is InChI=1S/C32H31N5O5/c1-41-31-20-23(4-11-30(31)37(39)40)22-3-9-26-28(19-22)34-27-10-2-21(18-29(27)35-32(26)38)12-13-33-24-5-7-25(8-6-24)36-14-16-42-17-15-36/h2-11,18-20,33-34H,12-17H2,1H3,(H,35,38). The van der Waals surface area contributed by atoms with Gasteiger partial charge in [-0.1, -0.05) is 12.1 Å². The lowest BCUT2D eigenvalue weighted by Crippen LogP contribution is -2.36. The molecule has 0 spiro atoms. The molecule has 1 saturated heterocycles. The zero-order chi connectivity index (χ0) is 29.1. The Morgan fingerprint density at radius 2 is 1.67 bits per heavy atom. The van der Waals surface area contributed by atoms with E-state index in [2.05, 4.69) is 51.2 Å². The van der Waals surface area contributed by atoms with Gasteiger partial charge in [-0.3, -0.25) is 14.9 Å². The first-order valence-electron chi connectivity index (χ1n) is 13.8. The van der Waals surface area contributed by atoms with Crippen LogP contribution in [0.15, 0.2) is 78.9 Å². The van der Waals surface area contributed by atoms with Crippen LogP contribution in [-0.4, -0.2) is 50.8 Å². The number of carbonyl (C=O) groups is 1. The van der Waals surface area contributed by atoms with Gasteiger partial charge in [-0.15, -0.1) is 0 Å². The van der Waals surface area contributed by atoms with Gasteiger partial charge in [0.15, 0.2) is 5.75 Å². The van der Waals surface area contributed by atoms with Gasteiger partial charge in [0.25, 0.3) is 5.91 Å². The number of ether oxygens (including phenoxy) is 2. The van der Waals surface area contributed by atoms with Gasteiger partial charge >= 0.3 is 5.69 Å². The predicted molar refractivity (Wildman–Crippen MR) is 164 cm³/mol. The van der Waals surface area contributed by atoms with Crippen molar-refractivity contribution in [3.8, 4) is 16.9 Å². The predicted octanol–water partition coefficient (Wildman–Crippen LogP) is 6.07. The van der Waals surface area contributed by atoms with Crippen LogP contribution in [0.25, 0.3) is 11.1 Å². The molecule has 42 heavy (non-hydrogen) atoms. The molecule has 6 rings (SSSR count). The SMILES string of the molecule is COc1cc(-c2ccc3c(c2)Nc2ccc(CCNc4ccc(N5CCOCC5)cc4)cc2NC3=O)ccc1[N+](=O)[O-]. The zero-order valence-electron chi connectivity index (χ0n) is 23.2. The van der Waals surface area contributed by atoms with Crippen molar-refractivity contribution in [3.63, 3.8) is 0 Å². The molecule has 3 N–H and O–H groups in total. The van der Waals surface area contributed by atoms with Gasteiger partial charge in [0.1, 0.15) is 0 Å². The summed E-state index contributed by atoms with van der Waals surface area (Å²) >= 11 is 0. The molecule has 0 atom stereocenters. The highest BCUT2D eigenvalue weighted by atomic mass is 16.6. The van der Waals surface area contributed by atoms with Crippen LogP contribution in [0, 0.1) is 10.1 Å². The summed E-state index contributed by atoms with van der Waals surface area (Å²) in [5.74, 6) is -0.0322. The average molecular weight is 566 g/mol. The number of nitro benzene ring substituents is 1. The molecule has 0 aromatic heterocycles. The largest absolute Gasteiger partial charge is 0.490 e. The fourth-order valence-corrected chi connectivity index (χ4v) is 5.29. The summed E-state index contributed by atoms with van der Waals surface area (Å²) in [5.41, 5.74) is 7.46. The highest BCUT2D eigenvalue weighted by Crippen LogP contribution is 2.37. The molecule has 4 aromatic carbocycles. The van der Waals surface area contributed by atoms with Crippen LogP contribution in [-0.2, 0) is 11.2 Å². The van der Waals surface area contributed by atoms with Gasteiger partial charge in [0, 0.05) is 37.1 Å². The molecular formula is C32H31N5O5. The van der Waals surface area contributed by atoms with Crippen molar-refractivity contribution in [2.75, 3.05) is 60.8 Å². The van der Waals surface area contributed by atoms with E-state index in [1.165, 1.54) is 18.9 Å². The van der Waals surface area contributed by atoms with Crippen molar-refractivity contribution in [1.29, 1.82) is 0 Å². The Bertz CT molecular complexity index is 1630. The maximum absolute atomic E-state index is 13.1. The second-order valence-electron chi connectivity index (χ2n) is 10.2. The molecule has 0 saturated carbocycles. The second-order valence-corrected chi connectivity index (χ2v) is 10.2. The van der Waals surface area contributed by atoms with Crippen molar-refractivity contribution >= 4 is 40.0 Å². The van der Waals surface area contributed by atoms with Crippen LogP contribution < -0.4 is 25.6 Å². The third kappa shape index (κ3) is 5.70. The van der Waals surface area contributed by atoms with Gasteiger partial charge in [0.05, 0.1) is 47.9 Å². The van der Waals surface area contributed by atoms with Crippen LogP contribution >= 0.6 is 0 Å². The van der Waals surface area contributed by atoms with Crippen molar-refractivity contribution in [2.24, 2.45) is 0 Å². The fourth-order valence-electron chi connectivity index (χ4n) is 5.29. The second kappa shape index (κ2) is 11.8. The van der Waals surface area contributed by atoms with E-state index in [0.29, 0.717) is 16.9 Å². The molecule has 2 heterocycles. The first-order chi connectivity index (χ1) is 20.5. The molecule has 1 fully saturated rings. The fraction of sp³-hybridized carbons (Fsp3) is 0.219. The topological polar surface area (TPSA) is 118 Å². The number of fused-ring (bicyclic) bond motifs is 2. The maximum atomic E-state index is 13.1. The highest BCUT2D eigenvalue weighted by Gasteiger charge is 2.21. The minimum absolute atomic E-state index is 0.102. The molecule has 2 aliphatic rings. The molecule has 0 radical (unpaired) electrons. The first kappa shape index (κ1) is 27.1. The molecule has 2 aliphatic heterocycles. The van der Waals surface area contributed by atoms with Gasteiger partial charge in [-0.25, -0.2) is 0 Å². The highest BCUT2D eigenvalue weighted by molar-refractivity contribution is 6.12. The molecule has 0 aliphatic carbocycles. The van der Waals surface area contributed by atoms with Gasteiger partial charge in [-0.05, 0) is 83.8 Å². The Balaban J connectivity index is 1.13. The number of methoxy groups -OCH3 is 1. The van der Waals surface area contributed by atoms with E-state index in [1.54, 1.807) is 18.2 Å². The summed E-state index contributed by atoms with van der Waals surface area (Å²) in [4.78, 5) is 26.3. The summed E-state index contributed by atoms with van der Waals surface area (Å²) in [6, 6.07) is 24.7. The number of hydrogen-bond acceptors (Lipinski definition) is 8. The lowest BCUT2D eigenvalue weighted by atomic mass is 10.0. The summed E-state index contributed by atoms with van der Waals surface area (Å²) in [6.45, 7) is 4.11. The average Bonchev–Trinajstić information content (AvgIpc) is 3.16. The third-order valence-corrected chi connectivity index (χ3v) is 7.56. The minimum atomic E-state index is -0.476. The monoisotopic (exact) mass is 565 g/mol. The Morgan fingerprint density at radius 1 is 0.905 bits per heavy atom. The number of nitro groups is 1. The molecular weight excluding hydrogens is 534 g/mol. The Hall–Kier alpha value is -5.09.